The number of carboxylic acids is 1. The predicted octanol–water partition coefficient (Wildman–Crippen LogP) is 2.64. The first-order valence-corrected chi connectivity index (χ1v) is 7.36. The molecule has 0 aliphatic carbocycles. The highest BCUT2D eigenvalue weighted by Gasteiger charge is 2.24. The Morgan fingerprint density at radius 1 is 1.24 bits per heavy atom. The second-order valence-corrected chi connectivity index (χ2v) is 4.94. The monoisotopic (exact) mass is 295 g/mol. The average Bonchev–Trinajstić information content (AvgIpc) is 2.45. The summed E-state index contributed by atoms with van der Waals surface area (Å²) in [4.78, 5) is 11.2. The van der Waals surface area contributed by atoms with E-state index in [9.17, 15) is 9.90 Å². The van der Waals surface area contributed by atoms with Crippen LogP contribution in [0.25, 0.3) is 0 Å². The summed E-state index contributed by atoms with van der Waals surface area (Å²) in [7, 11) is 0. The van der Waals surface area contributed by atoms with Crippen molar-refractivity contribution in [1.82, 2.24) is 0 Å². The zero-order valence-corrected chi connectivity index (χ0v) is 13.0. The number of nitrogens with two attached hydrogens (primary N) is 1. The first-order chi connectivity index (χ1) is 10.0. The van der Waals surface area contributed by atoms with Crippen molar-refractivity contribution in [2.75, 3.05) is 19.8 Å². The number of ether oxygens (including phenoxy) is 2. The van der Waals surface area contributed by atoms with Gasteiger partial charge in [-0.25, -0.2) is 0 Å². The highest BCUT2D eigenvalue weighted by Crippen LogP contribution is 2.38. The summed E-state index contributed by atoms with van der Waals surface area (Å²) >= 11 is 0. The lowest BCUT2D eigenvalue weighted by Crippen LogP contribution is -2.25. The van der Waals surface area contributed by atoms with Gasteiger partial charge in [-0.15, -0.1) is 0 Å². The summed E-state index contributed by atoms with van der Waals surface area (Å²) in [5.41, 5.74) is 6.47. The predicted molar refractivity (Wildman–Crippen MR) is 82.0 cm³/mol. The number of carbonyl (C=O) groups is 1. The molecule has 0 aromatic heterocycles. The minimum absolute atomic E-state index is 0.0149. The van der Waals surface area contributed by atoms with E-state index >= 15 is 0 Å². The molecule has 2 unspecified atom stereocenters. The topological polar surface area (TPSA) is 81.8 Å². The third-order valence-electron chi connectivity index (χ3n) is 3.39. The fourth-order valence-corrected chi connectivity index (χ4v) is 2.41. The fourth-order valence-electron chi connectivity index (χ4n) is 2.41. The van der Waals surface area contributed by atoms with E-state index in [0.717, 1.165) is 17.1 Å². The number of hydrogen-bond donors (Lipinski definition) is 2. The molecule has 1 rings (SSSR count). The first-order valence-electron chi connectivity index (χ1n) is 7.36. The molecule has 5 nitrogen and oxygen atoms in total. The SMILES string of the molecule is CCOc1cccc(OCC)c1C(C)CC(CN)C(=O)O. The molecule has 0 amide bonds. The molecule has 0 saturated heterocycles. The van der Waals surface area contributed by atoms with Crippen molar-refractivity contribution in [3.63, 3.8) is 0 Å². The van der Waals surface area contributed by atoms with Gasteiger partial charge in [0.05, 0.1) is 19.1 Å². The van der Waals surface area contributed by atoms with Gasteiger partial charge in [-0.05, 0) is 38.3 Å². The van der Waals surface area contributed by atoms with Crippen molar-refractivity contribution in [3.05, 3.63) is 23.8 Å². The largest absolute Gasteiger partial charge is 0.493 e. The Balaban J connectivity index is 3.08. The average molecular weight is 295 g/mol. The van der Waals surface area contributed by atoms with Crippen LogP contribution in [0.4, 0.5) is 0 Å². The van der Waals surface area contributed by atoms with Gasteiger partial charge in [0.1, 0.15) is 11.5 Å². The van der Waals surface area contributed by atoms with Gasteiger partial charge in [0.2, 0.25) is 0 Å². The van der Waals surface area contributed by atoms with Gasteiger partial charge in [0.15, 0.2) is 0 Å². The van der Waals surface area contributed by atoms with Crippen molar-refractivity contribution < 1.29 is 19.4 Å². The van der Waals surface area contributed by atoms with Gasteiger partial charge in [-0.1, -0.05) is 13.0 Å². The molecule has 3 N–H and O–H groups in total. The second kappa shape index (κ2) is 8.52. The molecule has 118 valence electrons. The molecule has 0 fully saturated rings. The van der Waals surface area contributed by atoms with E-state index in [-0.39, 0.29) is 12.5 Å². The van der Waals surface area contributed by atoms with E-state index in [1.54, 1.807) is 0 Å². The van der Waals surface area contributed by atoms with Crippen LogP contribution in [0.3, 0.4) is 0 Å². The van der Waals surface area contributed by atoms with Crippen LogP contribution in [-0.2, 0) is 4.79 Å². The first kappa shape index (κ1) is 17.3. The summed E-state index contributed by atoms with van der Waals surface area (Å²) < 4.78 is 11.3. The molecule has 0 aliphatic heterocycles. The molecule has 21 heavy (non-hydrogen) atoms. The Morgan fingerprint density at radius 3 is 2.14 bits per heavy atom. The van der Waals surface area contributed by atoms with E-state index < -0.39 is 11.9 Å². The van der Waals surface area contributed by atoms with Crippen molar-refractivity contribution in [3.8, 4) is 11.5 Å². The van der Waals surface area contributed by atoms with Crippen LogP contribution in [0.15, 0.2) is 18.2 Å². The van der Waals surface area contributed by atoms with Crippen LogP contribution in [0.2, 0.25) is 0 Å². The smallest absolute Gasteiger partial charge is 0.307 e. The quantitative estimate of drug-likeness (QED) is 0.732. The zero-order chi connectivity index (χ0) is 15.8. The zero-order valence-electron chi connectivity index (χ0n) is 13.0. The maximum atomic E-state index is 11.2. The van der Waals surface area contributed by atoms with Gasteiger partial charge in [-0.2, -0.15) is 0 Å². The molecular formula is C16H25NO4. The van der Waals surface area contributed by atoms with E-state index in [1.165, 1.54) is 0 Å². The van der Waals surface area contributed by atoms with Crippen LogP contribution in [0.5, 0.6) is 11.5 Å². The van der Waals surface area contributed by atoms with Crippen LogP contribution in [-0.4, -0.2) is 30.8 Å². The van der Waals surface area contributed by atoms with E-state index in [4.69, 9.17) is 15.2 Å². The minimum atomic E-state index is -0.865. The molecule has 0 radical (unpaired) electrons. The molecule has 0 bridgehead atoms. The van der Waals surface area contributed by atoms with Crippen LogP contribution in [0.1, 0.15) is 38.7 Å². The van der Waals surface area contributed by atoms with Gasteiger partial charge >= 0.3 is 5.97 Å². The maximum Gasteiger partial charge on any atom is 0.307 e. The summed E-state index contributed by atoms with van der Waals surface area (Å²) in [6.45, 7) is 7.04. The van der Waals surface area contributed by atoms with Crippen molar-refractivity contribution in [2.45, 2.75) is 33.1 Å². The normalized spacial score (nSPS) is 13.5. The molecule has 1 aromatic carbocycles. The van der Waals surface area contributed by atoms with Gasteiger partial charge in [-0.3, -0.25) is 4.79 Å². The number of benzene rings is 1. The summed E-state index contributed by atoms with van der Waals surface area (Å²) in [6.07, 6.45) is 0.454. The van der Waals surface area contributed by atoms with E-state index in [2.05, 4.69) is 0 Å². The third-order valence-corrected chi connectivity index (χ3v) is 3.39. The van der Waals surface area contributed by atoms with Gasteiger partial charge in [0.25, 0.3) is 0 Å². The van der Waals surface area contributed by atoms with E-state index in [1.807, 2.05) is 39.0 Å². The Bertz CT molecular complexity index is 437. The molecule has 0 aliphatic rings. The van der Waals surface area contributed by atoms with E-state index in [0.29, 0.717) is 19.6 Å². The Hall–Kier alpha value is -1.75. The lowest BCUT2D eigenvalue weighted by atomic mass is 9.89. The highest BCUT2D eigenvalue weighted by atomic mass is 16.5. The minimum Gasteiger partial charge on any atom is -0.493 e. The molecule has 0 saturated carbocycles. The molecule has 0 heterocycles. The Kier molecular flexibility index (Phi) is 7.02. The van der Waals surface area contributed by atoms with Crippen LogP contribution >= 0.6 is 0 Å². The van der Waals surface area contributed by atoms with Crippen molar-refractivity contribution >= 4 is 5.97 Å². The lowest BCUT2D eigenvalue weighted by molar-refractivity contribution is -0.141. The Labute approximate surface area is 126 Å². The summed E-state index contributed by atoms with van der Waals surface area (Å²) in [6, 6.07) is 5.65. The Morgan fingerprint density at radius 2 is 1.76 bits per heavy atom. The molecule has 0 spiro atoms. The molecule has 1 aromatic rings. The number of carboxylic acid groups (broad SMARTS) is 1. The standard InChI is InChI=1S/C16H25NO4/c1-4-20-13-7-6-8-14(21-5-2)15(13)11(3)9-12(10-17)16(18)19/h6-8,11-12H,4-5,9-10,17H2,1-3H3,(H,18,19). The van der Waals surface area contributed by atoms with Crippen LogP contribution in [0, 0.1) is 5.92 Å². The number of aliphatic carboxylic acids is 1. The van der Waals surface area contributed by atoms with Crippen molar-refractivity contribution in [1.29, 1.82) is 0 Å². The summed E-state index contributed by atoms with van der Waals surface area (Å²) in [5, 5.41) is 9.17. The number of rotatable bonds is 9. The fraction of sp³-hybridized carbons (Fsp3) is 0.562. The van der Waals surface area contributed by atoms with Crippen molar-refractivity contribution in [2.24, 2.45) is 11.7 Å². The molecule has 2 atom stereocenters. The third kappa shape index (κ3) is 4.63. The molecule has 5 heteroatoms. The molecular weight excluding hydrogens is 270 g/mol. The van der Waals surface area contributed by atoms with Crippen LogP contribution < -0.4 is 15.2 Å². The van der Waals surface area contributed by atoms with Gasteiger partial charge in [0, 0.05) is 12.1 Å². The summed E-state index contributed by atoms with van der Waals surface area (Å²) in [5.74, 6) is 0.0496. The number of hydrogen-bond acceptors (Lipinski definition) is 4. The van der Waals surface area contributed by atoms with Gasteiger partial charge < -0.3 is 20.3 Å². The lowest BCUT2D eigenvalue weighted by Gasteiger charge is -2.22. The second-order valence-electron chi connectivity index (χ2n) is 4.94. The highest BCUT2D eigenvalue weighted by molar-refractivity contribution is 5.70. The maximum absolute atomic E-state index is 11.2.